The molecule has 0 saturated heterocycles. The number of halogens is 3. The van der Waals surface area contributed by atoms with Gasteiger partial charge in [0, 0.05) is 11.4 Å². The molecular formula is C23H21F3N2O5S. The zero-order chi connectivity index (χ0) is 24.9. The van der Waals surface area contributed by atoms with E-state index in [4.69, 9.17) is 9.47 Å². The van der Waals surface area contributed by atoms with Crippen LogP contribution in [0.2, 0.25) is 0 Å². The summed E-state index contributed by atoms with van der Waals surface area (Å²) in [4.78, 5) is 12.2. The zero-order valence-corrected chi connectivity index (χ0v) is 18.9. The van der Waals surface area contributed by atoms with Crippen LogP contribution in [0.5, 0.6) is 11.5 Å². The number of ether oxygens (including phenoxy) is 2. The van der Waals surface area contributed by atoms with E-state index >= 15 is 0 Å². The average Bonchev–Trinajstić information content (AvgIpc) is 2.79. The normalized spacial score (nSPS) is 12.5. The molecule has 0 fully saturated rings. The van der Waals surface area contributed by atoms with E-state index in [0.29, 0.717) is 23.3 Å². The standard InChI is InChI=1S/C23H21F3N2O5S/c1-15(33-20-10-8-19(32-2)9-11-20)22(29)27-17-6-12-21(13-7-17)34(30,31)28-18-5-3-4-16(14-18)23(24,25)26/h3-15,28H,1-2H3,(H,27,29)/t15-/m0/s1. The van der Waals surface area contributed by atoms with Crippen LogP contribution in [0.4, 0.5) is 24.5 Å². The third-order valence-electron chi connectivity index (χ3n) is 4.62. The summed E-state index contributed by atoms with van der Waals surface area (Å²) in [6.07, 6.45) is -5.45. The fourth-order valence-corrected chi connectivity index (χ4v) is 3.90. The van der Waals surface area contributed by atoms with E-state index < -0.39 is 33.8 Å². The summed E-state index contributed by atoms with van der Waals surface area (Å²) in [5.74, 6) is 0.640. The smallest absolute Gasteiger partial charge is 0.416 e. The van der Waals surface area contributed by atoms with Gasteiger partial charge in [-0.15, -0.1) is 0 Å². The van der Waals surface area contributed by atoms with E-state index in [9.17, 15) is 26.4 Å². The predicted octanol–water partition coefficient (Wildman–Crippen LogP) is 4.92. The lowest BCUT2D eigenvalue weighted by molar-refractivity contribution is -0.137. The van der Waals surface area contributed by atoms with Crippen LogP contribution < -0.4 is 19.5 Å². The highest BCUT2D eigenvalue weighted by atomic mass is 32.2. The Labute approximate surface area is 194 Å². The summed E-state index contributed by atoms with van der Waals surface area (Å²) in [7, 11) is -2.62. The summed E-state index contributed by atoms with van der Waals surface area (Å²) in [6, 6.07) is 15.7. The van der Waals surface area contributed by atoms with Gasteiger partial charge in [-0.2, -0.15) is 13.2 Å². The first-order valence-corrected chi connectivity index (χ1v) is 11.4. The first-order chi connectivity index (χ1) is 16.0. The molecule has 34 heavy (non-hydrogen) atoms. The SMILES string of the molecule is COc1ccc(O[C@@H](C)C(=O)Nc2ccc(S(=O)(=O)Nc3cccc(C(F)(F)F)c3)cc2)cc1. The predicted molar refractivity (Wildman–Crippen MR) is 120 cm³/mol. The molecule has 180 valence electrons. The van der Waals surface area contributed by atoms with E-state index in [1.54, 1.807) is 31.2 Å². The molecule has 0 aromatic heterocycles. The molecule has 7 nitrogen and oxygen atoms in total. The van der Waals surface area contributed by atoms with Crippen molar-refractivity contribution >= 4 is 27.3 Å². The van der Waals surface area contributed by atoms with Crippen LogP contribution in [-0.4, -0.2) is 27.5 Å². The van der Waals surface area contributed by atoms with Crippen molar-refractivity contribution in [3.05, 3.63) is 78.4 Å². The summed E-state index contributed by atoms with van der Waals surface area (Å²) in [5, 5.41) is 2.61. The largest absolute Gasteiger partial charge is 0.497 e. The molecule has 1 atom stereocenters. The Morgan fingerprint density at radius 1 is 0.912 bits per heavy atom. The van der Waals surface area contributed by atoms with Crippen LogP contribution in [0.1, 0.15) is 12.5 Å². The lowest BCUT2D eigenvalue weighted by Crippen LogP contribution is -2.30. The quantitative estimate of drug-likeness (QED) is 0.464. The number of benzene rings is 3. The van der Waals surface area contributed by atoms with Crippen molar-refractivity contribution in [3.63, 3.8) is 0 Å². The molecule has 0 heterocycles. The summed E-state index contributed by atoms with van der Waals surface area (Å²) < 4.78 is 76.4. The molecule has 3 rings (SSSR count). The van der Waals surface area contributed by atoms with Gasteiger partial charge in [-0.3, -0.25) is 9.52 Å². The van der Waals surface area contributed by atoms with Gasteiger partial charge in [-0.1, -0.05) is 6.07 Å². The lowest BCUT2D eigenvalue weighted by atomic mass is 10.2. The number of rotatable bonds is 8. The van der Waals surface area contributed by atoms with E-state index in [-0.39, 0.29) is 10.6 Å². The number of carbonyl (C=O) groups excluding carboxylic acids is 1. The monoisotopic (exact) mass is 494 g/mol. The molecule has 1 amide bonds. The number of sulfonamides is 1. The maximum atomic E-state index is 12.9. The van der Waals surface area contributed by atoms with Crippen molar-refractivity contribution in [1.82, 2.24) is 0 Å². The van der Waals surface area contributed by atoms with E-state index in [1.165, 1.54) is 37.4 Å². The number of methoxy groups -OCH3 is 1. The fraction of sp³-hybridized carbons (Fsp3) is 0.174. The van der Waals surface area contributed by atoms with Gasteiger partial charge in [0.2, 0.25) is 0 Å². The second kappa shape index (κ2) is 10.0. The first-order valence-electron chi connectivity index (χ1n) is 9.89. The van der Waals surface area contributed by atoms with E-state index in [2.05, 4.69) is 10.0 Å². The Morgan fingerprint density at radius 2 is 1.53 bits per heavy atom. The molecule has 11 heteroatoms. The van der Waals surface area contributed by atoms with Crippen molar-refractivity contribution in [1.29, 1.82) is 0 Å². The third kappa shape index (κ3) is 6.41. The molecule has 0 bridgehead atoms. The lowest BCUT2D eigenvalue weighted by Gasteiger charge is -2.15. The van der Waals surface area contributed by atoms with Gasteiger partial charge in [0.25, 0.3) is 15.9 Å². The van der Waals surface area contributed by atoms with Gasteiger partial charge in [-0.05, 0) is 73.7 Å². The van der Waals surface area contributed by atoms with Crippen LogP contribution in [0, 0.1) is 0 Å². The Morgan fingerprint density at radius 3 is 2.12 bits per heavy atom. The fourth-order valence-electron chi connectivity index (χ4n) is 2.85. The minimum Gasteiger partial charge on any atom is -0.497 e. The molecule has 0 aliphatic carbocycles. The van der Waals surface area contributed by atoms with Crippen molar-refractivity contribution in [2.45, 2.75) is 24.1 Å². The first kappa shape index (κ1) is 24.9. The molecular weight excluding hydrogens is 473 g/mol. The van der Waals surface area contributed by atoms with E-state index in [1.807, 2.05) is 0 Å². The second-order valence-corrected chi connectivity index (χ2v) is 8.82. The van der Waals surface area contributed by atoms with Gasteiger partial charge in [0.15, 0.2) is 6.10 Å². The van der Waals surface area contributed by atoms with Crippen LogP contribution in [0.15, 0.2) is 77.7 Å². The molecule has 0 unspecified atom stereocenters. The Hall–Kier alpha value is -3.73. The molecule has 0 spiro atoms. The van der Waals surface area contributed by atoms with Gasteiger partial charge in [0.05, 0.1) is 17.6 Å². The number of hydrogen-bond donors (Lipinski definition) is 2. The molecule has 0 radical (unpaired) electrons. The summed E-state index contributed by atoms with van der Waals surface area (Å²) in [5.41, 5.74) is -0.887. The third-order valence-corrected chi connectivity index (χ3v) is 6.01. The van der Waals surface area contributed by atoms with Crippen molar-refractivity contribution in [2.75, 3.05) is 17.1 Å². The zero-order valence-electron chi connectivity index (χ0n) is 18.1. The van der Waals surface area contributed by atoms with Crippen LogP contribution >= 0.6 is 0 Å². The number of hydrogen-bond acceptors (Lipinski definition) is 5. The van der Waals surface area contributed by atoms with Crippen LogP contribution in [0.3, 0.4) is 0 Å². The molecule has 0 aliphatic rings. The molecule has 2 N–H and O–H groups in total. The molecule has 0 saturated carbocycles. The molecule has 3 aromatic carbocycles. The maximum Gasteiger partial charge on any atom is 0.416 e. The number of alkyl halides is 3. The number of anilines is 2. The van der Waals surface area contributed by atoms with Crippen molar-refractivity contribution in [2.24, 2.45) is 0 Å². The topological polar surface area (TPSA) is 93.7 Å². The number of nitrogens with one attached hydrogen (secondary N) is 2. The van der Waals surface area contributed by atoms with Crippen LogP contribution in [-0.2, 0) is 21.0 Å². The van der Waals surface area contributed by atoms with Crippen LogP contribution in [0.25, 0.3) is 0 Å². The van der Waals surface area contributed by atoms with Gasteiger partial charge >= 0.3 is 6.18 Å². The number of carbonyl (C=O) groups is 1. The summed E-state index contributed by atoms with van der Waals surface area (Å²) >= 11 is 0. The molecule has 0 aliphatic heterocycles. The van der Waals surface area contributed by atoms with E-state index in [0.717, 1.165) is 12.1 Å². The Kier molecular flexibility index (Phi) is 7.35. The average molecular weight is 494 g/mol. The van der Waals surface area contributed by atoms with Crippen molar-refractivity contribution in [3.8, 4) is 11.5 Å². The van der Waals surface area contributed by atoms with Gasteiger partial charge in [-0.25, -0.2) is 8.42 Å². The van der Waals surface area contributed by atoms with Gasteiger partial charge in [0.1, 0.15) is 11.5 Å². The van der Waals surface area contributed by atoms with Crippen molar-refractivity contribution < 1.29 is 35.9 Å². The highest BCUT2D eigenvalue weighted by molar-refractivity contribution is 7.92. The Balaban J connectivity index is 1.63. The summed E-state index contributed by atoms with van der Waals surface area (Å²) in [6.45, 7) is 1.55. The highest BCUT2D eigenvalue weighted by Crippen LogP contribution is 2.31. The minimum absolute atomic E-state index is 0.189. The Bertz CT molecular complexity index is 1240. The number of amides is 1. The highest BCUT2D eigenvalue weighted by Gasteiger charge is 2.30. The maximum absolute atomic E-state index is 12.9. The minimum atomic E-state index is -4.60. The second-order valence-electron chi connectivity index (χ2n) is 7.13. The van der Waals surface area contributed by atoms with Gasteiger partial charge < -0.3 is 14.8 Å². The molecule has 3 aromatic rings.